The summed E-state index contributed by atoms with van der Waals surface area (Å²) in [6, 6.07) is 17.4. The van der Waals surface area contributed by atoms with Crippen LogP contribution in [-0.4, -0.2) is 18.3 Å². The Morgan fingerprint density at radius 3 is 2.19 bits per heavy atom. The van der Waals surface area contributed by atoms with Gasteiger partial charge in [-0.3, -0.25) is 0 Å². The zero-order valence-corrected chi connectivity index (χ0v) is 15.4. The van der Waals surface area contributed by atoms with Crippen LogP contribution in [0.2, 0.25) is 22.4 Å². The predicted molar refractivity (Wildman–Crippen MR) is 95.2 cm³/mol. The van der Waals surface area contributed by atoms with Crippen molar-refractivity contribution in [2.75, 3.05) is 0 Å². The summed E-state index contributed by atoms with van der Waals surface area (Å²) in [6.07, 6.45) is 1.75. The molecule has 0 saturated carbocycles. The monoisotopic (exact) mass is 357 g/mol. The molecule has 0 unspecified atom stereocenters. The van der Waals surface area contributed by atoms with Gasteiger partial charge in [-0.2, -0.15) is 0 Å². The normalized spacial score (nSPS) is 11.8. The molecule has 0 bridgehead atoms. The second-order valence-corrected chi connectivity index (χ2v) is 17.4. The predicted octanol–water partition coefficient (Wildman–Crippen LogP) is 5.10. The van der Waals surface area contributed by atoms with Crippen molar-refractivity contribution in [3.05, 3.63) is 59.9 Å². The van der Waals surface area contributed by atoms with Gasteiger partial charge >= 0.3 is 133 Å². The van der Waals surface area contributed by atoms with Crippen molar-refractivity contribution in [2.24, 2.45) is 0 Å². The molecule has 0 amide bonds. The van der Waals surface area contributed by atoms with Gasteiger partial charge in [0.15, 0.2) is 0 Å². The number of halogens is 1. The number of benzene rings is 2. The first-order valence-corrected chi connectivity index (χ1v) is 14.8. The minimum atomic E-state index is -1.73. The molecular formula is C18H18ClGeN. The number of fused-ring (bicyclic) bond motifs is 1. The fraction of sp³-hybridized carbons (Fsp3) is 0.167. The Bertz CT molecular complexity index is 788. The van der Waals surface area contributed by atoms with Crippen LogP contribution < -0.4 is 4.40 Å². The van der Waals surface area contributed by atoms with Gasteiger partial charge in [0.25, 0.3) is 0 Å². The molecule has 1 heterocycles. The quantitative estimate of drug-likeness (QED) is 0.460. The van der Waals surface area contributed by atoms with Gasteiger partial charge in [-0.15, -0.1) is 0 Å². The minimum absolute atomic E-state index is 0.565. The Kier molecular flexibility index (Phi) is 3.81. The summed E-state index contributed by atoms with van der Waals surface area (Å²) in [4.78, 5) is 4.12. The number of aromatic nitrogens is 1. The summed E-state index contributed by atoms with van der Waals surface area (Å²) in [7, 11) is 0. The van der Waals surface area contributed by atoms with E-state index in [-0.39, 0.29) is 0 Å². The average molecular weight is 356 g/mol. The number of rotatable bonds is 2. The van der Waals surface area contributed by atoms with E-state index in [0.717, 1.165) is 10.8 Å². The van der Waals surface area contributed by atoms with Gasteiger partial charge in [0.2, 0.25) is 0 Å². The fourth-order valence-electron chi connectivity index (χ4n) is 2.48. The van der Waals surface area contributed by atoms with Gasteiger partial charge in [-0.1, -0.05) is 0 Å². The molecule has 0 saturated heterocycles. The maximum atomic E-state index is 6.12. The molecule has 0 spiro atoms. The van der Waals surface area contributed by atoms with E-state index in [1.165, 1.54) is 15.5 Å². The summed E-state index contributed by atoms with van der Waals surface area (Å²) in [5.74, 6) is 7.25. The third kappa shape index (κ3) is 2.99. The summed E-state index contributed by atoms with van der Waals surface area (Å²) in [6.45, 7) is 0. The molecule has 0 aliphatic rings. The number of hydrogen-bond donors (Lipinski definition) is 0. The SMILES string of the molecule is [CH3][Ge]([CH3])([CH3])[c]1ccc(-c2ccc3c(Cl)nccc3c2)cc1. The number of nitrogens with zero attached hydrogens (tertiary/aromatic N) is 1. The van der Waals surface area contributed by atoms with Crippen LogP contribution in [0.5, 0.6) is 0 Å². The van der Waals surface area contributed by atoms with Crippen molar-refractivity contribution < 1.29 is 0 Å². The van der Waals surface area contributed by atoms with Crippen molar-refractivity contribution in [3.8, 4) is 11.1 Å². The van der Waals surface area contributed by atoms with Crippen LogP contribution in [0.25, 0.3) is 21.9 Å². The summed E-state index contributed by atoms with van der Waals surface area (Å²) < 4.78 is 1.53. The van der Waals surface area contributed by atoms with Crippen LogP contribution in [0.1, 0.15) is 0 Å². The van der Waals surface area contributed by atoms with E-state index < -0.39 is 13.3 Å². The van der Waals surface area contributed by atoms with Crippen LogP contribution >= 0.6 is 11.6 Å². The molecule has 2 aromatic carbocycles. The van der Waals surface area contributed by atoms with Crippen molar-refractivity contribution >= 4 is 40.0 Å². The molecule has 0 aliphatic carbocycles. The second kappa shape index (κ2) is 5.47. The first-order valence-electron chi connectivity index (χ1n) is 7.10. The van der Waals surface area contributed by atoms with Gasteiger partial charge in [-0.25, -0.2) is 0 Å². The molecule has 3 rings (SSSR count). The first-order chi connectivity index (χ1) is 9.95. The number of pyridine rings is 1. The van der Waals surface area contributed by atoms with E-state index in [4.69, 9.17) is 11.6 Å². The standard InChI is InChI=1S/C18H18ClGeN/c1-20(2,3)16-7-4-13(5-8-16)14-6-9-17-15(12-14)10-11-21-18(17)19/h4-12H,1-3H3. The van der Waals surface area contributed by atoms with Gasteiger partial charge in [0.05, 0.1) is 0 Å². The van der Waals surface area contributed by atoms with Crippen LogP contribution in [0.4, 0.5) is 0 Å². The third-order valence-corrected chi connectivity index (χ3v) is 8.43. The molecule has 0 aliphatic heterocycles. The van der Waals surface area contributed by atoms with E-state index >= 15 is 0 Å². The fourth-order valence-corrected chi connectivity index (χ4v) is 5.16. The summed E-state index contributed by atoms with van der Waals surface area (Å²) >= 11 is 4.39. The Hall–Kier alpha value is -1.32. The van der Waals surface area contributed by atoms with Crippen LogP contribution in [0.15, 0.2) is 54.7 Å². The zero-order chi connectivity index (χ0) is 15.0. The van der Waals surface area contributed by atoms with Crippen molar-refractivity contribution in [3.63, 3.8) is 0 Å². The van der Waals surface area contributed by atoms with Crippen LogP contribution in [0.3, 0.4) is 0 Å². The Morgan fingerprint density at radius 1 is 0.857 bits per heavy atom. The molecule has 21 heavy (non-hydrogen) atoms. The van der Waals surface area contributed by atoms with E-state index in [1.807, 2.05) is 6.07 Å². The molecule has 1 aromatic heterocycles. The molecule has 3 aromatic rings. The second-order valence-electron chi connectivity index (χ2n) is 6.37. The third-order valence-electron chi connectivity index (χ3n) is 3.80. The molecule has 3 heteroatoms. The molecule has 0 atom stereocenters. The molecular weight excluding hydrogens is 338 g/mol. The van der Waals surface area contributed by atoms with Gasteiger partial charge < -0.3 is 0 Å². The summed E-state index contributed by atoms with van der Waals surface area (Å²) in [5, 5.41) is 2.70. The molecule has 1 nitrogen and oxygen atoms in total. The number of hydrogen-bond acceptors (Lipinski definition) is 1. The molecule has 0 fully saturated rings. The van der Waals surface area contributed by atoms with Crippen LogP contribution in [0, 0.1) is 0 Å². The molecule has 0 radical (unpaired) electrons. The zero-order valence-electron chi connectivity index (χ0n) is 12.5. The topological polar surface area (TPSA) is 12.9 Å². The van der Waals surface area contributed by atoms with Crippen LogP contribution in [-0.2, 0) is 0 Å². The van der Waals surface area contributed by atoms with E-state index in [9.17, 15) is 0 Å². The van der Waals surface area contributed by atoms with Gasteiger partial charge in [0, 0.05) is 0 Å². The average Bonchev–Trinajstić information content (AvgIpc) is 2.46. The van der Waals surface area contributed by atoms with E-state index in [2.05, 4.69) is 64.7 Å². The molecule has 106 valence electrons. The van der Waals surface area contributed by atoms with Gasteiger partial charge in [0.1, 0.15) is 0 Å². The Labute approximate surface area is 133 Å². The van der Waals surface area contributed by atoms with Gasteiger partial charge in [-0.05, 0) is 0 Å². The Morgan fingerprint density at radius 2 is 1.52 bits per heavy atom. The summed E-state index contributed by atoms with van der Waals surface area (Å²) in [5.41, 5.74) is 2.47. The van der Waals surface area contributed by atoms with Crippen molar-refractivity contribution in [1.82, 2.24) is 4.98 Å². The van der Waals surface area contributed by atoms with E-state index in [0.29, 0.717) is 5.15 Å². The van der Waals surface area contributed by atoms with Crippen molar-refractivity contribution in [2.45, 2.75) is 17.3 Å². The first kappa shape index (κ1) is 14.6. The van der Waals surface area contributed by atoms with Crippen molar-refractivity contribution in [1.29, 1.82) is 0 Å². The Balaban J connectivity index is 2.04. The maximum absolute atomic E-state index is 6.12. The molecule has 0 N–H and O–H groups in total. The van der Waals surface area contributed by atoms with E-state index in [1.54, 1.807) is 6.20 Å².